The maximum atomic E-state index is 5.46. The van der Waals surface area contributed by atoms with Crippen molar-refractivity contribution in [2.45, 2.75) is 33.2 Å². The van der Waals surface area contributed by atoms with E-state index in [0.717, 1.165) is 31.1 Å². The normalized spacial score (nSPS) is 12.7. The third-order valence-electron chi connectivity index (χ3n) is 2.28. The van der Waals surface area contributed by atoms with Gasteiger partial charge in [-0.1, -0.05) is 6.92 Å². The SMILES string of the molecule is CCCNC(COCC)c1ccnc(C)n1. The second-order valence-electron chi connectivity index (χ2n) is 3.69. The molecule has 4 nitrogen and oxygen atoms in total. The van der Waals surface area contributed by atoms with Crippen LogP contribution in [-0.4, -0.2) is 29.7 Å². The summed E-state index contributed by atoms with van der Waals surface area (Å²) in [5.41, 5.74) is 1.01. The topological polar surface area (TPSA) is 47.0 Å². The number of nitrogens with one attached hydrogen (secondary N) is 1. The zero-order valence-corrected chi connectivity index (χ0v) is 10.4. The molecule has 1 N–H and O–H groups in total. The summed E-state index contributed by atoms with van der Waals surface area (Å²) in [6.07, 6.45) is 2.90. The lowest BCUT2D eigenvalue weighted by Crippen LogP contribution is -2.27. The molecule has 1 aromatic heterocycles. The molecule has 4 heteroatoms. The van der Waals surface area contributed by atoms with Gasteiger partial charge in [0.25, 0.3) is 0 Å². The average molecular weight is 223 g/mol. The number of nitrogens with zero attached hydrogens (tertiary/aromatic N) is 2. The van der Waals surface area contributed by atoms with Crippen LogP contribution in [0.1, 0.15) is 37.8 Å². The van der Waals surface area contributed by atoms with Crippen molar-refractivity contribution in [1.29, 1.82) is 0 Å². The molecule has 90 valence electrons. The Balaban J connectivity index is 2.66. The minimum absolute atomic E-state index is 0.168. The maximum Gasteiger partial charge on any atom is 0.125 e. The van der Waals surface area contributed by atoms with E-state index in [9.17, 15) is 0 Å². The Hall–Kier alpha value is -1.00. The van der Waals surface area contributed by atoms with Crippen molar-refractivity contribution >= 4 is 0 Å². The van der Waals surface area contributed by atoms with Crippen molar-refractivity contribution < 1.29 is 4.74 Å². The number of ether oxygens (including phenoxy) is 1. The molecule has 0 aromatic carbocycles. The summed E-state index contributed by atoms with van der Waals surface area (Å²) in [4.78, 5) is 8.53. The zero-order chi connectivity index (χ0) is 11.8. The Bertz CT molecular complexity index is 296. The first-order valence-electron chi connectivity index (χ1n) is 5.88. The maximum absolute atomic E-state index is 5.46. The van der Waals surface area contributed by atoms with Crippen molar-refractivity contribution in [1.82, 2.24) is 15.3 Å². The molecular weight excluding hydrogens is 202 g/mol. The van der Waals surface area contributed by atoms with Crippen LogP contribution >= 0.6 is 0 Å². The van der Waals surface area contributed by atoms with Gasteiger partial charge in [0.1, 0.15) is 5.82 Å². The Morgan fingerprint density at radius 2 is 2.25 bits per heavy atom. The summed E-state index contributed by atoms with van der Waals surface area (Å²) < 4.78 is 5.46. The van der Waals surface area contributed by atoms with Crippen molar-refractivity contribution in [3.8, 4) is 0 Å². The highest BCUT2D eigenvalue weighted by Crippen LogP contribution is 2.10. The Labute approximate surface area is 97.5 Å². The zero-order valence-electron chi connectivity index (χ0n) is 10.4. The van der Waals surface area contributed by atoms with Gasteiger partial charge in [-0.3, -0.25) is 0 Å². The lowest BCUT2D eigenvalue weighted by Gasteiger charge is -2.17. The van der Waals surface area contributed by atoms with Crippen molar-refractivity contribution in [3.63, 3.8) is 0 Å². The third-order valence-corrected chi connectivity index (χ3v) is 2.28. The molecule has 1 unspecified atom stereocenters. The third kappa shape index (κ3) is 4.24. The molecule has 0 aliphatic heterocycles. The fraction of sp³-hybridized carbons (Fsp3) is 0.667. The molecular formula is C12H21N3O. The van der Waals surface area contributed by atoms with Crippen molar-refractivity contribution in [2.75, 3.05) is 19.8 Å². The molecule has 0 radical (unpaired) electrons. The Kier molecular flexibility index (Phi) is 5.96. The number of hydrogen-bond acceptors (Lipinski definition) is 4. The van der Waals surface area contributed by atoms with E-state index in [-0.39, 0.29) is 6.04 Å². The van der Waals surface area contributed by atoms with E-state index in [4.69, 9.17) is 4.74 Å². The molecule has 1 heterocycles. The van der Waals surface area contributed by atoms with E-state index < -0.39 is 0 Å². The Morgan fingerprint density at radius 3 is 2.88 bits per heavy atom. The van der Waals surface area contributed by atoms with Gasteiger partial charge < -0.3 is 10.1 Å². The molecule has 1 rings (SSSR count). The lowest BCUT2D eigenvalue weighted by molar-refractivity contribution is 0.122. The molecule has 0 aliphatic carbocycles. The van der Waals surface area contributed by atoms with Crippen molar-refractivity contribution in [3.05, 3.63) is 23.8 Å². The van der Waals surface area contributed by atoms with E-state index >= 15 is 0 Å². The fourth-order valence-corrected chi connectivity index (χ4v) is 1.47. The van der Waals surface area contributed by atoms with Gasteiger partial charge in [0, 0.05) is 12.8 Å². The first-order chi connectivity index (χ1) is 7.77. The largest absolute Gasteiger partial charge is 0.380 e. The van der Waals surface area contributed by atoms with Crippen LogP contribution in [0.4, 0.5) is 0 Å². The van der Waals surface area contributed by atoms with E-state index in [1.54, 1.807) is 6.20 Å². The summed E-state index contributed by atoms with van der Waals surface area (Å²) in [7, 11) is 0. The van der Waals surface area contributed by atoms with Gasteiger partial charge in [0.2, 0.25) is 0 Å². The quantitative estimate of drug-likeness (QED) is 0.766. The van der Waals surface area contributed by atoms with Crippen LogP contribution in [0.3, 0.4) is 0 Å². The number of aryl methyl sites for hydroxylation is 1. The standard InChI is InChI=1S/C12H21N3O/c1-4-7-14-12(9-16-5-2)11-6-8-13-10(3)15-11/h6,8,12,14H,4-5,7,9H2,1-3H3. The summed E-state index contributed by atoms with van der Waals surface area (Å²) in [5, 5.41) is 3.43. The van der Waals surface area contributed by atoms with Crippen LogP contribution < -0.4 is 5.32 Å². The van der Waals surface area contributed by atoms with Crippen LogP contribution in [-0.2, 0) is 4.74 Å². The first kappa shape index (κ1) is 13.1. The smallest absolute Gasteiger partial charge is 0.125 e. The summed E-state index contributed by atoms with van der Waals surface area (Å²) in [6.45, 7) is 8.42. The van der Waals surface area contributed by atoms with Crippen LogP contribution in [0.25, 0.3) is 0 Å². The second-order valence-corrected chi connectivity index (χ2v) is 3.69. The highest BCUT2D eigenvalue weighted by atomic mass is 16.5. The molecule has 0 saturated heterocycles. The molecule has 16 heavy (non-hydrogen) atoms. The molecule has 1 atom stereocenters. The molecule has 0 bridgehead atoms. The van der Waals surface area contributed by atoms with E-state index in [0.29, 0.717) is 6.61 Å². The van der Waals surface area contributed by atoms with Gasteiger partial charge in [0.05, 0.1) is 18.3 Å². The highest BCUT2D eigenvalue weighted by molar-refractivity contribution is 5.07. The molecule has 0 fully saturated rings. The highest BCUT2D eigenvalue weighted by Gasteiger charge is 2.12. The molecule has 0 aliphatic rings. The van der Waals surface area contributed by atoms with E-state index in [1.807, 2.05) is 19.9 Å². The van der Waals surface area contributed by atoms with Crippen LogP contribution in [0.2, 0.25) is 0 Å². The second kappa shape index (κ2) is 7.30. The number of rotatable bonds is 7. The fourth-order valence-electron chi connectivity index (χ4n) is 1.47. The minimum Gasteiger partial charge on any atom is -0.380 e. The Morgan fingerprint density at radius 1 is 1.44 bits per heavy atom. The van der Waals surface area contributed by atoms with Gasteiger partial charge >= 0.3 is 0 Å². The summed E-state index contributed by atoms with van der Waals surface area (Å²) in [5.74, 6) is 0.803. The van der Waals surface area contributed by atoms with E-state index in [2.05, 4.69) is 22.2 Å². The lowest BCUT2D eigenvalue weighted by atomic mass is 10.2. The monoisotopic (exact) mass is 223 g/mol. The van der Waals surface area contributed by atoms with E-state index in [1.165, 1.54) is 0 Å². The number of aromatic nitrogens is 2. The molecule has 0 amide bonds. The first-order valence-corrected chi connectivity index (χ1v) is 5.88. The van der Waals surface area contributed by atoms with Gasteiger partial charge in [-0.15, -0.1) is 0 Å². The summed E-state index contributed by atoms with van der Waals surface area (Å²) >= 11 is 0. The van der Waals surface area contributed by atoms with Gasteiger partial charge in [0.15, 0.2) is 0 Å². The number of hydrogen-bond donors (Lipinski definition) is 1. The molecule has 1 aromatic rings. The molecule has 0 spiro atoms. The predicted molar refractivity (Wildman–Crippen MR) is 64.3 cm³/mol. The average Bonchev–Trinajstić information content (AvgIpc) is 2.29. The predicted octanol–water partition coefficient (Wildman–Crippen LogP) is 1.86. The van der Waals surface area contributed by atoms with Gasteiger partial charge in [-0.2, -0.15) is 0 Å². The minimum atomic E-state index is 0.168. The van der Waals surface area contributed by atoms with Crippen LogP contribution in [0.15, 0.2) is 12.3 Å². The van der Waals surface area contributed by atoms with Crippen molar-refractivity contribution in [2.24, 2.45) is 0 Å². The van der Waals surface area contributed by atoms with Crippen LogP contribution in [0, 0.1) is 6.92 Å². The molecule has 0 saturated carbocycles. The van der Waals surface area contributed by atoms with Gasteiger partial charge in [-0.05, 0) is 32.9 Å². The van der Waals surface area contributed by atoms with Gasteiger partial charge in [-0.25, -0.2) is 9.97 Å². The summed E-state index contributed by atoms with van der Waals surface area (Å²) in [6, 6.07) is 2.11. The van der Waals surface area contributed by atoms with Crippen LogP contribution in [0.5, 0.6) is 0 Å².